The monoisotopic (exact) mass is 259 g/mol. The molecule has 1 heterocycles. The first-order valence-electron chi connectivity index (χ1n) is 7.22. The fourth-order valence-corrected chi connectivity index (χ4v) is 3.27. The highest BCUT2D eigenvalue weighted by Crippen LogP contribution is 2.20. The lowest BCUT2D eigenvalue weighted by Gasteiger charge is -2.20. The average Bonchev–Trinajstić information content (AvgIpc) is 2.85. The van der Waals surface area contributed by atoms with Crippen molar-refractivity contribution in [3.63, 3.8) is 0 Å². The topological polar surface area (TPSA) is 21.3 Å². The molecule has 0 aliphatic carbocycles. The van der Waals surface area contributed by atoms with Gasteiger partial charge in [-0.25, -0.2) is 0 Å². The Morgan fingerprint density at radius 1 is 1.41 bits per heavy atom. The summed E-state index contributed by atoms with van der Waals surface area (Å²) in [7, 11) is 0. The van der Waals surface area contributed by atoms with Crippen LogP contribution in [0.25, 0.3) is 0 Å². The van der Waals surface area contributed by atoms with Gasteiger partial charge in [0.05, 0.1) is 6.10 Å². The fourth-order valence-electron chi connectivity index (χ4n) is 2.19. The third-order valence-corrected chi connectivity index (χ3v) is 5.01. The Morgan fingerprint density at radius 2 is 2.24 bits per heavy atom. The molecule has 1 N–H and O–H groups in total. The first-order chi connectivity index (χ1) is 8.26. The third kappa shape index (κ3) is 6.68. The molecule has 0 radical (unpaired) electrons. The maximum absolute atomic E-state index is 5.69. The van der Waals surface area contributed by atoms with Crippen molar-refractivity contribution >= 4 is 11.8 Å². The average molecular weight is 259 g/mol. The van der Waals surface area contributed by atoms with Crippen LogP contribution in [0.4, 0.5) is 0 Å². The van der Waals surface area contributed by atoms with Crippen LogP contribution in [0, 0.1) is 0 Å². The smallest absolute Gasteiger partial charge is 0.0576 e. The normalized spacial score (nSPS) is 23.8. The summed E-state index contributed by atoms with van der Waals surface area (Å²) in [6.45, 7) is 8.86. The molecule has 3 atom stereocenters. The van der Waals surface area contributed by atoms with Gasteiger partial charge in [0.25, 0.3) is 0 Å². The third-order valence-electron chi connectivity index (χ3n) is 3.51. The molecule has 17 heavy (non-hydrogen) atoms. The van der Waals surface area contributed by atoms with Gasteiger partial charge in [0.1, 0.15) is 0 Å². The van der Waals surface area contributed by atoms with Crippen molar-refractivity contribution in [3.8, 4) is 0 Å². The second kappa shape index (κ2) is 9.23. The molecular formula is C14H29NOS. The molecule has 1 fully saturated rings. The van der Waals surface area contributed by atoms with Gasteiger partial charge in [-0.15, -0.1) is 0 Å². The van der Waals surface area contributed by atoms with Crippen LogP contribution in [-0.2, 0) is 4.74 Å². The van der Waals surface area contributed by atoms with E-state index in [-0.39, 0.29) is 0 Å². The van der Waals surface area contributed by atoms with E-state index in [4.69, 9.17) is 4.74 Å². The van der Waals surface area contributed by atoms with Gasteiger partial charge in [-0.2, -0.15) is 11.8 Å². The van der Waals surface area contributed by atoms with Crippen molar-refractivity contribution in [1.29, 1.82) is 0 Å². The second-order valence-corrected chi connectivity index (χ2v) is 6.49. The summed E-state index contributed by atoms with van der Waals surface area (Å²) < 4.78 is 5.69. The molecule has 0 aromatic carbocycles. The second-order valence-electron chi connectivity index (χ2n) is 5.02. The molecule has 0 aromatic rings. The number of hydrogen-bond donors (Lipinski definition) is 1. The van der Waals surface area contributed by atoms with Gasteiger partial charge in [-0.05, 0) is 38.6 Å². The van der Waals surface area contributed by atoms with Crippen molar-refractivity contribution in [2.45, 2.75) is 70.3 Å². The minimum Gasteiger partial charge on any atom is -0.378 e. The van der Waals surface area contributed by atoms with Crippen LogP contribution in [0.1, 0.15) is 52.9 Å². The van der Waals surface area contributed by atoms with Crippen molar-refractivity contribution in [3.05, 3.63) is 0 Å². The maximum atomic E-state index is 5.69. The summed E-state index contributed by atoms with van der Waals surface area (Å²) in [6.07, 6.45) is 6.86. The van der Waals surface area contributed by atoms with E-state index in [0.29, 0.717) is 12.1 Å². The highest BCUT2D eigenvalue weighted by Gasteiger charge is 2.18. The predicted molar refractivity (Wildman–Crippen MR) is 77.9 cm³/mol. The van der Waals surface area contributed by atoms with E-state index < -0.39 is 0 Å². The highest BCUT2D eigenvalue weighted by molar-refractivity contribution is 7.99. The minimum absolute atomic E-state index is 0.546. The summed E-state index contributed by atoms with van der Waals surface area (Å²) >= 11 is 2.10. The molecule has 1 aliphatic heterocycles. The Bertz CT molecular complexity index is 183. The molecule has 0 amide bonds. The van der Waals surface area contributed by atoms with Gasteiger partial charge in [0.2, 0.25) is 0 Å². The maximum Gasteiger partial charge on any atom is 0.0576 e. The van der Waals surface area contributed by atoms with E-state index in [9.17, 15) is 0 Å². The van der Waals surface area contributed by atoms with E-state index in [0.717, 1.165) is 18.4 Å². The minimum atomic E-state index is 0.546. The number of ether oxygens (including phenoxy) is 1. The van der Waals surface area contributed by atoms with Gasteiger partial charge in [-0.1, -0.05) is 20.8 Å². The molecule has 0 saturated carbocycles. The Balaban J connectivity index is 2.16. The largest absolute Gasteiger partial charge is 0.378 e. The van der Waals surface area contributed by atoms with E-state index in [1.54, 1.807) is 0 Å². The van der Waals surface area contributed by atoms with E-state index in [1.165, 1.54) is 37.9 Å². The molecule has 1 saturated heterocycles. The van der Waals surface area contributed by atoms with Crippen LogP contribution in [-0.4, -0.2) is 36.3 Å². The first-order valence-corrected chi connectivity index (χ1v) is 8.27. The lowest BCUT2D eigenvalue weighted by atomic mass is 10.1. The van der Waals surface area contributed by atoms with Crippen LogP contribution >= 0.6 is 11.8 Å². The van der Waals surface area contributed by atoms with Crippen molar-refractivity contribution in [2.24, 2.45) is 0 Å². The lowest BCUT2D eigenvalue weighted by Crippen LogP contribution is -2.32. The van der Waals surface area contributed by atoms with Gasteiger partial charge in [-0.3, -0.25) is 0 Å². The Hall–Kier alpha value is 0.270. The molecule has 2 nitrogen and oxygen atoms in total. The molecule has 102 valence electrons. The Morgan fingerprint density at radius 3 is 2.82 bits per heavy atom. The summed E-state index contributed by atoms with van der Waals surface area (Å²) in [6, 6.07) is 0.670. The predicted octanol–water partition coefficient (Wildman–Crippen LogP) is 3.46. The number of nitrogens with one attached hydrogen (secondary N) is 1. The lowest BCUT2D eigenvalue weighted by molar-refractivity contribution is 0.100. The van der Waals surface area contributed by atoms with E-state index in [1.807, 2.05) is 0 Å². The van der Waals surface area contributed by atoms with Gasteiger partial charge < -0.3 is 10.1 Å². The van der Waals surface area contributed by atoms with Gasteiger partial charge in [0.15, 0.2) is 0 Å². The van der Waals surface area contributed by atoms with Crippen LogP contribution in [0.5, 0.6) is 0 Å². The van der Waals surface area contributed by atoms with E-state index >= 15 is 0 Å². The van der Waals surface area contributed by atoms with E-state index in [2.05, 4.69) is 37.8 Å². The summed E-state index contributed by atoms with van der Waals surface area (Å²) in [5.41, 5.74) is 0. The van der Waals surface area contributed by atoms with Crippen LogP contribution in [0.2, 0.25) is 0 Å². The van der Waals surface area contributed by atoms with Crippen LogP contribution in [0.3, 0.4) is 0 Å². The zero-order valence-electron chi connectivity index (χ0n) is 11.7. The zero-order valence-corrected chi connectivity index (χ0v) is 12.5. The molecule has 0 spiro atoms. The summed E-state index contributed by atoms with van der Waals surface area (Å²) in [5, 5.41) is 4.40. The van der Waals surface area contributed by atoms with Crippen molar-refractivity contribution in [1.82, 2.24) is 5.32 Å². The summed E-state index contributed by atoms with van der Waals surface area (Å²) in [5.74, 6) is 1.25. The summed E-state index contributed by atoms with van der Waals surface area (Å²) in [4.78, 5) is 0. The highest BCUT2D eigenvalue weighted by atomic mass is 32.2. The quantitative estimate of drug-likeness (QED) is 0.685. The van der Waals surface area contributed by atoms with Gasteiger partial charge >= 0.3 is 0 Å². The number of rotatable bonds is 9. The molecule has 0 bridgehead atoms. The zero-order chi connectivity index (χ0) is 12.5. The molecule has 1 aliphatic rings. The molecule has 3 unspecified atom stereocenters. The number of thioether (sulfide) groups is 1. The van der Waals surface area contributed by atoms with Crippen LogP contribution < -0.4 is 5.32 Å². The SMILES string of the molecule is CCNC(CCC1CCCO1)CSC(C)CC. The number of hydrogen-bond acceptors (Lipinski definition) is 3. The van der Waals surface area contributed by atoms with Crippen molar-refractivity contribution < 1.29 is 4.74 Å². The standard InChI is InChI=1S/C14H29NOS/c1-4-12(3)17-11-13(15-5-2)8-9-14-7-6-10-16-14/h12-15H,4-11H2,1-3H3. The Labute approximate surface area is 111 Å². The molecular weight excluding hydrogens is 230 g/mol. The first kappa shape index (κ1) is 15.3. The van der Waals surface area contributed by atoms with Crippen LogP contribution in [0.15, 0.2) is 0 Å². The molecule has 3 heteroatoms. The fraction of sp³-hybridized carbons (Fsp3) is 1.00. The van der Waals surface area contributed by atoms with Crippen molar-refractivity contribution in [2.75, 3.05) is 18.9 Å². The van der Waals surface area contributed by atoms with Gasteiger partial charge in [0, 0.05) is 23.7 Å². The molecule has 1 rings (SSSR count). The molecule has 0 aromatic heterocycles. The Kier molecular flexibility index (Phi) is 8.33.